The molecule has 0 fully saturated rings. The second kappa shape index (κ2) is 9.09. The highest BCUT2D eigenvalue weighted by atomic mass is 32.2. The largest absolute Gasteiger partial charge is 0.496 e. The Bertz CT molecular complexity index is 1160. The Labute approximate surface area is 192 Å². The minimum atomic E-state index is -1.08. The van der Waals surface area contributed by atoms with Crippen molar-refractivity contribution in [3.63, 3.8) is 0 Å². The molecule has 1 unspecified atom stereocenters. The standard InChI is InChI=1S/C26H26N2O3S/c1-26(25(30)27-17-19-10-5-7-14-23(19)31-2)16-18-9-4-6-13-22(18)24(29)28(26)20-11-8-12-21(15-20)32-3/h4-15H,16-17H2,1-3H3,(H,27,30). The van der Waals surface area contributed by atoms with Crippen molar-refractivity contribution >= 4 is 29.3 Å². The van der Waals surface area contributed by atoms with Gasteiger partial charge in [0.25, 0.3) is 5.91 Å². The highest BCUT2D eigenvalue weighted by molar-refractivity contribution is 7.98. The average Bonchev–Trinajstić information content (AvgIpc) is 2.82. The van der Waals surface area contributed by atoms with E-state index in [0.717, 1.165) is 16.0 Å². The predicted molar refractivity (Wildman–Crippen MR) is 128 cm³/mol. The van der Waals surface area contributed by atoms with E-state index >= 15 is 0 Å². The van der Waals surface area contributed by atoms with Gasteiger partial charge in [0.05, 0.1) is 7.11 Å². The zero-order chi connectivity index (χ0) is 22.7. The molecule has 1 N–H and O–H groups in total. The van der Waals surface area contributed by atoms with E-state index in [9.17, 15) is 9.59 Å². The summed E-state index contributed by atoms with van der Waals surface area (Å²) in [6.45, 7) is 2.15. The van der Waals surface area contributed by atoms with Crippen molar-refractivity contribution in [3.05, 3.63) is 89.5 Å². The first-order chi connectivity index (χ1) is 15.5. The summed E-state index contributed by atoms with van der Waals surface area (Å²) in [7, 11) is 1.61. The first kappa shape index (κ1) is 22.0. The maximum atomic E-state index is 13.6. The molecule has 164 valence electrons. The van der Waals surface area contributed by atoms with Gasteiger partial charge in [-0.3, -0.25) is 14.5 Å². The van der Waals surface area contributed by atoms with E-state index < -0.39 is 5.54 Å². The van der Waals surface area contributed by atoms with Gasteiger partial charge >= 0.3 is 0 Å². The van der Waals surface area contributed by atoms with Gasteiger partial charge in [-0.15, -0.1) is 11.8 Å². The van der Waals surface area contributed by atoms with Crippen molar-refractivity contribution in [2.75, 3.05) is 18.3 Å². The number of methoxy groups -OCH3 is 1. The fraction of sp³-hybridized carbons (Fsp3) is 0.231. The van der Waals surface area contributed by atoms with Gasteiger partial charge < -0.3 is 10.1 Å². The third kappa shape index (κ3) is 3.98. The number of thioether (sulfide) groups is 1. The predicted octanol–water partition coefficient (Wildman–Crippen LogP) is 4.70. The maximum absolute atomic E-state index is 13.6. The number of para-hydroxylation sites is 1. The van der Waals surface area contributed by atoms with Crippen LogP contribution in [0.4, 0.5) is 5.69 Å². The van der Waals surface area contributed by atoms with Gasteiger partial charge in [-0.1, -0.05) is 42.5 Å². The van der Waals surface area contributed by atoms with Gasteiger partial charge in [0.1, 0.15) is 11.3 Å². The van der Waals surface area contributed by atoms with Crippen LogP contribution in [-0.2, 0) is 17.8 Å². The van der Waals surface area contributed by atoms with E-state index in [4.69, 9.17) is 4.74 Å². The van der Waals surface area contributed by atoms with Crippen LogP contribution in [0.25, 0.3) is 0 Å². The Kier molecular flexibility index (Phi) is 6.24. The number of carbonyl (C=O) groups excluding carboxylic acids is 2. The molecule has 3 aromatic rings. The first-order valence-corrected chi connectivity index (χ1v) is 11.7. The van der Waals surface area contributed by atoms with Crippen LogP contribution in [0.2, 0.25) is 0 Å². The molecule has 4 rings (SSSR count). The Morgan fingerprint density at radius 1 is 1.09 bits per heavy atom. The highest BCUT2D eigenvalue weighted by Crippen LogP contribution is 2.36. The monoisotopic (exact) mass is 446 g/mol. The van der Waals surface area contributed by atoms with Gasteiger partial charge in [-0.2, -0.15) is 0 Å². The minimum absolute atomic E-state index is 0.167. The van der Waals surface area contributed by atoms with E-state index in [1.807, 2.05) is 86.0 Å². The molecule has 1 aliphatic rings. The molecular formula is C26H26N2O3S. The molecule has 0 aromatic heterocycles. The number of rotatable bonds is 6. The topological polar surface area (TPSA) is 58.6 Å². The van der Waals surface area contributed by atoms with E-state index in [1.165, 1.54) is 0 Å². The van der Waals surface area contributed by atoms with E-state index in [-0.39, 0.29) is 11.8 Å². The van der Waals surface area contributed by atoms with Gasteiger partial charge in [-0.05, 0) is 49.1 Å². The number of fused-ring (bicyclic) bond motifs is 1. The van der Waals surface area contributed by atoms with Gasteiger partial charge in [0.2, 0.25) is 5.91 Å². The summed E-state index contributed by atoms with van der Waals surface area (Å²) in [5, 5.41) is 3.05. The van der Waals surface area contributed by atoms with Gasteiger partial charge in [-0.25, -0.2) is 0 Å². The molecule has 1 atom stereocenters. The molecule has 32 heavy (non-hydrogen) atoms. The normalized spacial score (nSPS) is 17.6. The van der Waals surface area contributed by atoms with Crippen LogP contribution in [0.5, 0.6) is 5.75 Å². The Morgan fingerprint density at radius 2 is 1.84 bits per heavy atom. The van der Waals surface area contributed by atoms with Crippen LogP contribution in [-0.4, -0.2) is 30.7 Å². The second-order valence-electron chi connectivity index (χ2n) is 7.94. The summed E-state index contributed by atoms with van der Waals surface area (Å²) < 4.78 is 5.41. The fourth-order valence-electron chi connectivity index (χ4n) is 4.23. The van der Waals surface area contributed by atoms with Crippen LogP contribution >= 0.6 is 11.8 Å². The number of amides is 2. The number of hydrogen-bond donors (Lipinski definition) is 1. The molecule has 0 bridgehead atoms. The molecule has 6 heteroatoms. The average molecular weight is 447 g/mol. The lowest BCUT2D eigenvalue weighted by Crippen LogP contribution is -2.63. The summed E-state index contributed by atoms with van der Waals surface area (Å²) in [6.07, 6.45) is 2.42. The number of nitrogens with zero attached hydrogens (tertiary/aromatic N) is 1. The lowest BCUT2D eigenvalue weighted by Gasteiger charge is -2.44. The first-order valence-electron chi connectivity index (χ1n) is 10.4. The molecule has 0 saturated heterocycles. The summed E-state index contributed by atoms with van der Waals surface area (Å²) >= 11 is 1.60. The SMILES string of the molecule is COc1ccccc1CNC(=O)C1(C)Cc2ccccc2C(=O)N1c1cccc(SC)c1. The fourth-order valence-corrected chi connectivity index (χ4v) is 4.68. The third-order valence-electron chi connectivity index (χ3n) is 5.91. The molecule has 0 spiro atoms. The van der Waals surface area contributed by atoms with Crippen molar-refractivity contribution in [2.45, 2.75) is 30.3 Å². The molecule has 2 amide bonds. The summed E-state index contributed by atoms with van der Waals surface area (Å²) in [5.41, 5.74) is 2.03. The van der Waals surface area contributed by atoms with Crippen LogP contribution in [0.1, 0.15) is 28.4 Å². The number of anilines is 1. The van der Waals surface area contributed by atoms with E-state index in [2.05, 4.69) is 5.32 Å². The second-order valence-corrected chi connectivity index (χ2v) is 8.82. The lowest BCUT2D eigenvalue weighted by molar-refractivity contribution is -0.126. The van der Waals surface area contributed by atoms with Crippen molar-refractivity contribution in [1.29, 1.82) is 0 Å². The maximum Gasteiger partial charge on any atom is 0.259 e. The van der Waals surface area contributed by atoms with Crippen LogP contribution in [0.15, 0.2) is 77.7 Å². The summed E-state index contributed by atoms with van der Waals surface area (Å²) in [4.78, 5) is 29.9. The van der Waals surface area contributed by atoms with Crippen LogP contribution in [0.3, 0.4) is 0 Å². The highest BCUT2D eigenvalue weighted by Gasteiger charge is 2.47. The molecular weight excluding hydrogens is 420 g/mol. The summed E-state index contributed by atoms with van der Waals surface area (Å²) in [6, 6.07) is 22.9. The zero-order valence-electron chi connectivity index (χ0n) is 18.4. The number of carbonyl (C=O) groups is 2. The van der Waals surface area contributed by atoms with Crippen molar-refractivity contribution in [3.8, 4) is 5.75 Å². The Morgan fingerprint density at radius 3 is 2.62 bits per heavy atom. The third-order valence-corrected chi connectivity index (χ3v) is 6.64. The molecule has 0 aliphatic carbocycles. The van der Waals surface area contributed by atoms with Gasteiger partial charge in [0.15, 0.2) is 0 Å². The van der Waals surface area contributed by atoms with E-state index in [0.29, 0.717) is 30.0 Å². The molecule has 3 aromatic carbocycles. The van der Waals surface area contributed by atoms with Crippen molar-refractivity contribution < 1.29 is 14.3 Å². The number of nitrogens with one attached hydrogen (secondary N) is 1. The number of ether oxygens (including phenoxy) is 1. The molecule has 0 radical (unpaired) electrons. The number of hydrogen-bond acceptors (Lipinski definition) is 4. The van der Waals surface area contributed by atoms with Crippen LogP contribution < -0.4 is 15.0 Å². The molecule has 1 aliphatic heterocycles. The Balaban J connectivity index is 1.72. The lowest BCUT2D eigenvalue weighted by atomic mass is 9.82. The zero-order valence-corrected chi connectivity index (χ0v) is 19.2. The molecule has 1 heterocycles. The quantitative estimate of drug-likeness (QED) is 0.558. The number of benzene rings is 3. The smallest absolute Gasteiger partial charge is 0.259 e. The Hall–Kier alpha value is -3.25. The van der Waals surface area contributed by atoms with Crippen LogP contribution in [0, 0.1) is 0 Å². The van der Waals surface area contributed by atoms with Crippen molar-refractivity contribution in [2.24, 2.45) is 0 Å². The minimum Gasteiger partial charge on any atom is -0.496 e. The van der Waals surface area contributed by atoms with Gasteiger partial charge in [0, 0.05) is 34.7 Å². The molecule has 0 saturated carbocycles. The summed E-state index contributed by atoms with van der Waals surface area (Å²) in [5.74, 6) is 0.341. The van der Waals surface area contributed by atoms with E-state index in [1.54, 1.807) is 23.8 Å². The molecule has 5 nitrogen and oxygen atoms in total. The van der Waals surface area contributed by atoms with Crippen molar-refractivity contribution in [1.82, 2.24) is 5.32 Å².